The second kappa shape index (κ2) is 7.72. The second-order valence-corrected chi connectivity index (χ2v) is 5.63. The number of imidazole rings is 1. The Labute approximate surface area is 127 Å². The van der Waals surface area contributed by atoms with E-state index in [0.717, 1.165) is 37.6 Å². The summed E-state index contributed by atoms with van der Waals surface area (Å²) in [4.78, 5) is 4.23. The molecule has 1 aromatic heterocycles. The van der Waals surface area contributed by atoms with Crippen LogP contribution in [0.1, 0.15) is 32.9 Å². The molecule has 2 aromatic rings. The van der Waals surface area contributed by atoms with Gasteiger partial charge < -0.3 is 14.6 Å². The highest BCUT2D eigenvalue weighted by molar-refractivity contribution is 5.56. The molecule has 4 nitrogen and oxygen atoms in total. The number of nitrogens with one attached hydrogen (secondary N) is 1. The Morgan fingerprint density at radius 1 is 1.29 bits per heavy atom. The zero-order valence-electron chi connectivity index (χ0n) is 13.2. The van der Waals surface area contributed by atoms with E-state index in [9.17, 15) is 0 Å². The smallest absolute Gasteiger partial charge is 0.142 e. The SMILES string of the molecule is CCCn1cncc1CNc1ccccc1OCC(C)C. The van der Waals surface area contributed by atoms with Crippen LogP contribution < -0.4 is 10.1 Å². The number of nitrogens with zero attached hydrogens (tertiary/aromatic N) is 2. The first-order valence-electron chi connectivity index (χ1n) is 7.65. The van der Waals surface area contributed by atoms with E-state index in [-0.39, 0.29) is 0 Å². The first-order chi connectivity index (χ1) is 10.2. The predicted molar refractivity (Wildman–Crippen MR) is 86.6 cm³/mol. The molecule has 0 saturated carbocycles. The largest absolute Gasteiger partial charge is 0.491 e. The van der Waals surface area contributed by atoms with Crippen molar-refractivity contribution in [2.45, 2.75) is 40.3 Å². The highest BCUT2D eigenvalue weighted by Crippen LogP contribution is 2.24. The normalized spacial score (nSPS) is 10.9. The Morgan fingerprint density at radius 2 is 2.10 bits per heavy atom. The quantitative estimate of drug-likeness (QED) is 0.799. The molecule has 2 rings (SSSR count). The van der Waals surface area contributed by atoms with Gasteiger partial charge in [0.15, 0.2) is 0 Å². The summed E-state index contributed by atoms with van der Waals surface area (Å²) < 4.78 is 8.05. The summed E-state index contributed by atoms with van der Waals surface area (Å²) in [6.07, 6.45) is 4.92. The Hall–Kier alpha value is -1.97. The number of benzene rings is 1. The van der Waals surface area contributed by atoms with Gasteiger partial charge in [-0.05, 0) is 24.5 Å². The molecule has 4 heteroatoms. The maximum absolute atomic E-state index is 5.86. The predicted octanol–water partition coefficient (Wildman–Crippen LogP) is 3.94. The first-order valence-corrected chi connectivity index (χ1v) is 7.65. The topological polar surface area (TPSA) is 39.1 Å². The van der Waals surface area contributed by atoms with Crippen LogP contribution in [0.15, 0.2) is 36.8 Å². The fourth-order valence-electron chi connectivity index (χ4n) is 2.12. The Kier molecular flexibility index (Phi) is 5.67. The van der Waals surface area contributed by atoms with Crippen LogP contribution in [0.25, 0.3) is 0 Å². The third-order valence-corrected chi connectivity index (χ3v) is 3.18. The summed E-state index contributed by atoms with van der Waals surface area (Å²) in [5.74, 6) is 1.43. The molecule has 1 aromatic carbocycles. The van der Waals surface area contributed by atoms with Crippen molar-refractivity contribution >= 4 is 5.69 Å². The minimum absolute atomic E-state index is 0.518. The van der Waals surface area contributed by atoms with Crippen molar-refractivity contribution in [3.05, 3.63) is 42.5 Å². The molecule has 0 saturated heterocycles. The fraction of sp³-hybridized carbons (Fsp3) is 0.471. The summed E-state index contributed by atoms with van der Waals surface area (Å²) in [7, 11) is 0. The molecule has 0 bridgehead atoms. The summed E-state index contributed by atoms with van der Waals surface area (Å²) in [5.41, 5.74) is 2.22. The van der Waals surface area contributed by atoms with Gasteiger partial charge in [-0.3, -0.25) is 0 Å². The molecule has 0 aliphatic heterocycles. The number of anilines is 1. The van der Waals surface area contributed by atoms with Gasteiger partial charge in [-0.1, -0.05) is 32.9 Å². The number of ether oxygens (including phenoxy) is 1. The lowest BCUT2D eigenvalue weighted by atomic mass is 10.2. The van der Waals surface area contributed by atoms with Gasteiger partial charge in [0, 0.05) is 12.7 Å². The van der Waals surface area contributed by atoms with Gasteiger partial charge in [0.1, 0.15) is 5.75 Å². The third kappa shape index (κ3) is 4.52. The third-order valence-electron chi connectivity index (χ3n) is 3.18. The van der Waals surface area contributed by atoms with Crippen LogP contribution in [0.5, 0.6) is 5.75 Å². The molecule has 1 N–H and O–H groups in total. The number of para-hydroxylation sites is 2. The molecule has 114 valence electrons. The number of rotatable bonds is 8. The maximum Gasteiger partial charge on any atom is 0.142 e. The van der Waals surface area contributed by atoms with Gasteiger partial charge >= 0.3 is 0 Å². The molecule has 0 spiro atoms. The summed E-state index contributed by atoms with van der Waals surface area (Å²) >= 11 is 0. The van der Waals surface area contributed by atoms with E-state index in [1.807, 2.05) is 30.7 Å². The van der Waals surface area contributed by atoms with Gasteiger partial charge in [0.05, 0.1) is 30.9 Å². The molecule has 0 aliphatic rings. The zero-order chi connectivity index (χ0) is 15.1. The number of hydrogen-bond acceptors (Lipinski definition) is 3. The van der Waals surface area contributed by atoms with E-state index in [0.29, 0.717) is 5.92 Å². The van der Waals surface area contributed by atoms with Crippen molar-refractivity contribution in [3.63, 3.8) is 0 Å². The van der Waals surface area contributed by atoms with Crippen LogP contribution in [0.4, 0.5) is 5.69 Å². The van der Waals surface area contributed by atoms with Gasteiger partial charge in [0.2, 0.25) is 0 Å². The first kappa shape index (κ1) is 15.4. The van der Waals surface area contributed by atoms with Crippen LogP contribution in [0.3, 0.4) is 0 Å². The lowest BCUT2D eigenvalue weighted by Crippen LogP contribution is -2.09. The van der Waals surface area contributed by atoms with Crippen molar-refractivity contribution < 1.29 is 4.74 Å². The van der Waals surface area contributed by atoms with Crippen LogP contribution >= 0.6 is 0 Å². The van der Waals surface area contributed by atoms with Crippen LogP contribution in [0, 0.1) is 5.92 Å². The van der Waals surface area contributed by atoms with Crippen LogP contribution in [-0.4, -0.2) is 16.2 Å². The van der Waals surface area contributed by atoms with Crippen molar-refractivity contribution in [2.24, 2.45) is 5.92 Å². The van der Waals surface area contributed by atoms with E-state index < -0.39 is 0 Å². The van der Waals surface area contributed by atoms with Crippen molar-refractivity contribution in [1.29, 1.82) is 0 Å². The molecule has 0 fully saturated rings. The lowest BCUT2D eigenvalue weighted by molar-refractivity contribution is 0.272. The van der Waals surface area contributed by atoms with Crippen molar-refractivity contribution in [3.8, 4) is 5.75 Å². The molecule has 0 atom stereocenters. The lowest BCUT2D eigenvalue weighted by Gasteiger charge is -2.15. The van der Waals surface area contributed by atoms with Crippen LogP contribution in [0.2, 0.25) is 0 Å². The highest BCUT2D eigenvalue weighted by atomic mass is 16.5. The van der Waals surface area contributed by atoms with E-state index in [4.69, 9.17) is 4.74 Å². The minimum Gasteiger partial charge on any atom is -0.491 e. The summed E-state index contributed by atoms with van der Waals surface area (Å²) in [6, 6.07) is 8.08. The van der Waals surface area contributed by atoms with Crippen molar-refractivity contribution in [1.82, 2.24) is 9.55 Å². The van der Waals surface area contributed by atoms with Gasteiger partial charge in [-0.15, -0.1) is 0 Å². The highest BCUT2D eigenvalue weighted by Gasteiger charge is 2.06. The molecule has 0 unspecified atom stereocenters. The molecule has 21 heavy (non-hydrogen) atoms. The van der Waals surface area contributed by atoms with Gasteiger partial charge in [-0.25, -0.2) is 4.98 Å². The zero-order valence-corrected chi connectivity index (χ0v) is 13.2. The number of aryl methyl sites for hydroxylation is 1. The average Bonchev–Trinajstić information content (AvgIpc) is 2.91. The maximum atomic E-state index is 5.86. The Balaban J connectivity index is 2.00. The van der Waals surface area contributed by atoms with E-state index >= 15 is 0 Å². The van der Waals surface area contributed by atoms with Crippen LogP contribution in [-0.2, 0) is 13.1 Å². The average molecular weight is 287 g/mol. The number of hydrogen-bond donors (Lipinski definition) is 1. The minimum atomic E-state index is 0.518. The van der Waals surface area contributed by atoms with E-state index in [1.165, 1.54) is 5.69 Å². The van der Waals surface area contributed by atoms with E-state index in [1.54, 1.807) is 0 Å². The second-order valence-electron chi connectivity index (χ2n) is 5.63. The Bertz CT molecular complexity index is 548. The molecule has 0 amide bonds. The molecule has 0 radical (unpaired) electrons. The Morgan fingerprint density at radius 3 is 2.86 bits per heavy atom. The number of aromatic nitrogens is 2. The molecular formula is C17H25N3O. The van der Waals surface area contributed by atoms with Crippen molar-refractivity contribution in [2.75, 3.05) is 11.9 Å². The van der Waals surface area contributed by atoms with Gasteiger partial charge in [-0.2, -0.15) is 0 Å². The van der Waals surface area contributed by atoms with Gasteiger partial charge in [0.25, 0.3) is 0 Å². The standard InChI is InChI=1S/C17H25N3O/c1-4-9-20-13-18-10-15(20)11-19-16-7-5-6-8-17(16)21-12-14(2)3/h5-8,10,13-14,19H,4,9,11-12H2,1-3H3. The monoisotopic (exact) mass is 287 g/mol. The fourth-order valence-corrected chi connectivity index (χ4v) is 2.12. The molecule has 1 heterocycles. The molecular weight excluding hydrogens is 262 g/mol. The summed E-state index contributed by atoms with van der Waals surface area (Å²) in [5, 5.41) is 3.45. The summed E-state index contributed by atoms with van der Waals surface area (Å²) in [6.45, 7) is 8.96. The van der Waals surface area contributed by atoms with E-state index in [2.05, 4.69) is 41.7 Å². The molecule has 0 aliphatic carbocycles.